The number of nitrogens with one attached hydrogen (secondary N) is 2. The van der Waals surface area contributed by atoms with E-state index in [4.69, 9.17) is 16.3 Å². The minimum absolute atomic E-state index is 0.0196. The molecule has 138 valence electrons. The van der Waals surface area contributed by atoms with Crippen molar-refractivity contribution < 1.29 is 14.3 Å². The average molecular weight is 375 g/mol. The van der Waals surface area contributed by atoms with Gasteiger partial charge in [-0.25, -0.2) is 4.79 Å². The van der Waals surface area contributed by atoms with E-state index < -0.39 is 0 Å². The van der Waals surface area contributed by atoms with Gasteiger partial charge in [0.25, 0.3) is 0 Å². The van der Waals surface area contributed by atoms with Gasteiger partial charge in [-0.15, -0.1) is 0 Å². The average Bonchev–Trinajstić information content (AvgIpc) is 2.60. The lowest BCUT2D eigenvalue weighted by Gasteiger charge is -2.14. The standard InChI is InChI=1S/C20H23ClN2O3/c1-13(2)26-20(25)16-6-10-18(11-7-16)23-19(24)12-22-14(3)15-4-8-17(21)9-5-15/h4-11,13-14,22H,12H2,1-3H3,(H,23,24)/t14-/m0/s1. The van der Waals surface area contributed by atoms with E-state index in [1.165, 1.54) is 0 Å². The number of anilines is 1. The Hall–Kier alpha value is -2.37. The van der Waals surface area contributed by atoms with Gasteiger partial charge < -0.3 is 15.4 Å². The second-order valence-electron chi connectivity index (χ2n) is 6.23. The third kappa shape index (κ3) is 6.17. The van der Waals surface area contributed by atoms with Gasteiger partial charge >= 0.3 is 5.97 Å². The molecule has 0 heterocycles. The van der Waals surface area contributed by atoms with Crippen LogP contribution in [-0.2, 0) is 9.53 Å². The Morgan fingerprint density at radius 2 is 1.62 bits per heavy atom. The van der Waals surface area contributed by atoms with Crippen LogP contribution in [0.25, 0.3) is 0 Å². The van der Waals surface area contributed by atoms with Crippen molar-refractivity contribution in [2.75, 3.05) is 11.9 Å². The number of ether oxygens (including phenoxy) is 1. The second kappa shape index (κ2) is 9.36. The van der Waals surface area contributed by atoms with Crippen LogP contribution in [0.2, 0.25) is 5.02 Å². The number of carbonyl (C=O) groups is 2. The minimum atomic E-state index is -0.378. The van der Waals surface area contributed by atoms with E-state index in [1.54, 1.807) is 38.1 Å². The van der Waals surface area contributed by atoms with E-state index >= 15 is 0 Å². The third-order valence-electron chi connectivity index (χ3n) is 3.69. The molecule has 0 saturated heterocycles. The number of carbonyl (C=O) groups excluding carboxylic acids is 2. The summed E-state index contributed by atoms with van der Waals surface area (Å²) < 4.78 is 5.13. The lowest BCUT2D eigenvalue weighted by Crippen LogP contribution is -2.30. The Balaban J connectivity index is 1.83. The van der Waals surface area contributed by atoms with Gasteiger partial charge in [-0.2, -0.15) is 0 Å². The van der Waals surface area contributed by atoms with Crippen LogP contribution >= 0.6 is 11.6 Å². The number of halogens is 1. The topological polar surface area (TPSA) is 67.4 Å². The predicted octanol–water partition coefficient (Wildman–Crippen LogP) is 4.19. The van der Waals surface area contributed by atoms with Crippen molar-refractivity contribution in [2.24, 2.45) is 0 Å². The molecule has 0 aliphatic heterocycles. The first kappa shape index (κ1) is 19.9. The zero-order chi connectivity index (χ0) is 19.1. The zero-order valence-corrected chi connectivity index (χ0v) is 15.8. The molecule has 1 amide bonds. The van der Waals surface area contributed by atoms with Crippen LogP contribution in [0.4, 0.5) is 5.69 Å². The number of amides is 1. The summed E-state index contributed by atoms with van der Waals surface area (Å²) >= 11 is 5.88. The maximum absolute atomic E-state index is 12.1. The van der Waals surface area contributed by atoms with Crippen LogP contribution in [0.3, 0.4) is 0 Å². The molecule has 5 nitrogen and oxygen atoms in total. The molecule has 0 saturated carbocycles. The molecule has 2 rings (SSSR count). The van der Waals surface area contributed by atoms with Crippen molar-refractivity contribution in [3.8, 4) is 0 Å². The summed E-state index contributed by atoms with van der Waals surface area (Å²) in [6.45, 7) is 5.74. The van der Waals surface area contributed by atoms with E-state index in [2.05, 4.69) is 10.6 Å². The molecule has 0 aliphatic carbocycles. The van der Waals surface area contributed by atoms with Crippen molar-refractivity contribution in [2.45, 2.75) is 32.9 Å². The van der Waals surface area contributed by atoms with Crippen LogP contribution in [0, 0.1) is 0 Å². The molecule has 0 bridgehead atoms. The fourth-order valence-electron chi connectivity index (χ4n) is 2.29. The minimum Gasteiger partial charge on any atom is -0.459 e. The Morgan fingerprint density at radius 1 is 1.00 bits per heavy atom. The van der Waals surface area contributed by atoms with Crippen molar-refractivity contribution in [1.82, 2.24) is 5.32 Å². The zero-order valence-electron chi connectivity index (χ0n) is 15.1. The van der Waals surface area contributed by atoms with E-state index in [0.717, 1.165) is 5.56 Å². The van der Waals surface area contributed by atoms with Gasteiger partial charge in [-0.1, -0.05) is 23.7 Å². The SMILES string of the molecule is CC(C)OC(=O)c1ccc(NC(=O)CN[C@@H](C)c2ccc(Cl)cc2)cc1. The van der Waals surface area contributed by atoms with Gasteiger partial charge in [-0.05, 0) is 62.7 Å². The number of benzene rings is 2. The molecule has 2 N–H and O–H groups in total. The molecule has 0 radical (unpaired) electrons. The molecule has 6 heteroatoms. The molecule has 2 aromatic rings. The highest BCUT2D eigenvalue weighted by Gasteiger charge is 2.10. The predicted molar refractivity (Wildman–Crippen MR) is 103 cm³/mol. The number of rotatable bonds is 7. The van der Waals surface area contributed by atoms with Gasteiger partial charge in [-0.3, -0.25) is 4.79 Å². The summed E-state index contributed by atoms with van der Waals surface area (Å²) in [7, 11) is 0. The maximum atomic E-state index is 12.1. The molecule has 2 aromatic carbocycles. The van der Waals surface area contributed by atoms with Gasteiger partial charge in [0.2, 0.25) is 5.91 Å². The molecule has 0 aliphatic rings. The van der Waals surface area contributed by atoms with Gasteiger partial charge in [0.15, 0.2) is 0 Å². The first-order valence-electron chi connectivity index (χ1n) is 8.45. The molecular formula is C20H23ClN2O3. The highest BCUT2D eigenvalue weighted by atomic mass is 35.5. The van der Waals surface area contributed by atoms with Gasteiger partial charge in [0, 0.05) is 16.8 Å². The van der Waals surface area contributed by atoms with Crippen LogP contribution < -0.4 is 10.6 Å². The molecule has 0 aromatic heterocycles. The monoisotopic (exact) mass is 374 g/mol. The summed E-state index contributed by atoms with van der Waals surface area (Å²) in [6.07, 6.45) is -0.171. The van der Waals surface area contributed by atoms with Gasteiger partial charge in [0.05, 0.1) is 18.2 Å². The summed E-state index contributed by atoms with van der Waals surface area (Å²) in [5.41, 5.74) is 2.12. The fraction of sp³-hybridized carbons (Fsp3) is 0.300. The molecule has 0 fully saturated rings. The van der Waals surface area contributed by atoms with E-state index in [-0.39, 0.29) is 30.6 Å². The van der Waals surface area contributed by atoms with Crippen molar-refractivity contribution in [3.63, 3.8) is 0 Å². The normalized spacial score (nSPS) is 11.9. The smallest absolute Gasteiger partial charge is 0.338 e. The Labute approximate surface area is 158 Å². The Kier molecular flexibility index (Phi) is 7.18. The van der Waals surface area contributed by atoms with Crippen LogP contribution in [-0.4, -0.2) is 24.5 Å². The first-order chi connectivity index (χ1) is 12.3. The largest absolute Gasteiger partial charge is 0.459 e. The molecule has 0 spiro atoms. The molecule has 26 heavy (non-hydrogen) atoms. The summed E-state index contributed by atoms with van der Waals surface area (Å²) in [4.78, 5) is 23.9. The van der Waals surface area contributed by atoms with Crippen LogP contribution in [0.15, 0.2) is 48.5 Å². The van der Waals surface area contributed by atoms with Crippen molar-refractivity contribution in [3.05, 3.63) is 64.7 Å². The lowest BCUT2D eigenvalue weighted by molar-refractivity contribution is -0.115. The van der Waals surface area contributed by atoms with E-state index in [1.807, 2.05) is 31.2 Å². The highest BCUT2D eigenvalue weighted by molar-refractivity contribution is 6.30. The number of hydrogen-bond acceptors (Lipinski definition) is 4. The van der Waals surface area contributed by atoms with E-state index in [9.17, 15) is 9.59 Å². The number of hydrogen-bond donors (Lipinski definition) is 2. The quantitative estimate of drug-likeness (QED) is 0.713. The highest BCUT2D eigenvalue weighted by Crippen LogP contribution is 2.16. The molecule has 0 unspecified atom stereocenters. The summed E-state index contributed by atoms with van der Waals surface area (Å²) in [5.74, 6) is -0.542. The lowest BCUT2D eigenvalue weighted by atomic mass is 10.1. The third-order valence-corrected chi connectivity index (χ3v) is 3.94. The van der Waals surface area contributed by atoms with Crippen LogP contribution in [0.5, 0.6) is 0 Å². The molecular weight excluding hydrogens is 352 g/mol. The first-order valence-corrected chi connectivity index (χ1v) is 8.82. The fourth-order valence-corrected chi connectivity index (χ4v) is 2.42. The second-order valence-corrected chi connectivity index (χ2v) is 6.67. The van der Waals surface area contributed by atoms with Crippen molar-refractivity contribution >= 4 is 29.2 Å². The Morgan fingerprint density at radius 3 is 2.19 bits per heavy atom. The van der Waals surface area contributed by atoms with Crippen LogP contribution in [0.1, 0.15) is 42.7 Å². The maximum Gasteiger partial charge on any atom is 0.338 e. The number of esters is 1. The van der Waals surface area contributed by atoms with Gasteiger partial charge in [0.1, 0.15) is 0 Å². The summed E-state index contributed by atoms with van der Waals surface area (Å²) in [5, 5.41) is 6.63. The summed E-state index contributed by atoms with van der Waals surface area (Å²) in [6, 6.07) is 14.1. The molecule has 1 atom stereocenters. The van der Waals surface area contributed by atoms with Crippen molar-refractivity contribution in [1.29, 1.82) is 0 Å². The Bertz CT molecular complexity index is 743. The van der Waals surface area contributed by atoms with E-state index in [0.29, 0.717) is 16.3 Å².